The van der Waals surface area contributed by atoms with E-state index in [1.54, 1.807) is 7.05 Å². The summed E-state index contributed by atoms with van der Waals surface area (Å²) < 4.78 is 10.5. The molecule has 0 aromatic heterocycles. The van der Waals surface area contributed by atoms with Crippen LogP contribution in [-0.2, 0) is 14.3 Å². The Morgan fingerprint density at radius 3 is 2.43 bits per heavy atom. The molecular weight excluding hydrogens is 409 g/mol. The van der Waals surface area contributed by atoms with Crippen molar-refractivity contribution in [2.45, 2.75) is 58.6 Å². The highest BCUT2D eigenvalue weighted by molar-refractivity contribution is 14.0. The molecular formula is C16H32IN3O3. The highest BCUT2D eigenvalue weighted by Crippen LogP contribution is 2.48. The van der Waals surface area contributed by atoms with Crippen molar-refractivity contribution < 1.29 is 14.3 Å². The summed E-state index contributed by atoms with van der Waals surface area (Å²) in [5.41, 5.74) is 0.163. The number of nitrogens with one attached hydrogen (secondary N) is 2. The lowest BCUT2D eigenvalue weighted by molar-refractivity contribution is -0.140. The van der Waals surface area contributed by atoms with Crippen molar-refractivity contribution in [2.75, 3.05) is 27.3 Å². The highest BCUT2D eigenvalue weighted by atomic mass is 127. The second kappa shape index (κ2) is 11.1. The Balaban J connectivity index is 0.00000484. The molecule has 0 amide bonds. The summed E-state index contributed by atoms with van der Waals surface area (Å²) in [5, 5.41) is 6.65. The molecule has 2 atom stereocenters. The lowest BCUT2D eigenvalue weighted by Crippen LogP contribution is -2.65. The molecule has 7 heteroatoms. The number of hydrogen-bond donors (Lipinski definition) is 2. The monoisotopic (exact) mass is 441 g/mol. The molecule has 1 fully saturated rings. The van der Waals surface area contributed by atoms with Crippen LogP contribution in [0.1, 0.15) is 46.5 Å². The number of esters is 1. The second-order valence-electron chi connectivity index (χ2n) is 5.64. The van der Waals surface area contributed by atoms with Gasteiger partial charge in [0.2, 0.25) is 0 Å². The van der Waals surface area contributed by atoms with Gasteiger partial charge in [-0.05, 0) is 26.2 Å². The molecule has 0 aromatic rings. The lowest BCUT2D eigenvalue weighted by atomic mass is 9.58. The molecule has 0 aromatic carbocycles. The minimum Gasteiger partial charge on any atom is -0.469 e. The Kier molecular flexibility index (Phi) is 10.8. The van der Waals surface area contributed by atoms with Crippen LogP contribution >= 0.6 is 24.0 Å². The summed E-state index contributed by atoms with van der Waals surface area (Å²) in [6.07, 6.45) is 3.79. The van der Waals surface area contributed by atoms with E-state index in [0.29, 0.717) is 25.1 Å². The Morgan fingerprint density at radius 2 is 1.96 bits per heavy atom. The van der Waals surface area contributed by atoms with E-state index in [1.165, 1.54) is 7.11 Å². The summed E-state index contributed by atoms with van der Waals surface area (Å²) in [6, 6.07) is 0.350. The lowest BCUT2D eigenvalue weighted by Gasteiger charge is -2.55. The Morgan fingerprint density at radius 1 is 1.30 bits per heavy atom. The van der Waals surface area contributed by atoms with Crippen LogP contribution in [-0.4, -0.2) is 51.4 Å². The number of guanidine groups is 1. The zero-order valence-corrected chi connectivity index (χ0v) is 17.3. The van der Waals surface area contributed by atoms with Gasteiger partial charge in [-0.1, -0.05) is 13.8 Å². The topological polar surface area (TPSA) is 72.0 Å². The number of ether oxygens (including phenoxy) is 2. The van der Waals surface area contributed by atoms with E-state index in [4.69, 9.17) is 4.74 Å². The van der Waals surface area contributed by atoms with Gasteiger partial charge in [0.05, 0.1) is 19.6 Å². The number of nitrogens with zero attached hydrogens (tertiary/aromatic N) is 1. The molecule has 1 rings (SSSR count). The first kappa shape index (κ1) is 22.4. The molecule has 0 bridgehead atoms. The first-order valence-corrected chi connectivity index (χ1v) is 8.23. The van der Waals surface area contributed by atoms with Gasteiger partial charge in [-0.3, -0.25) is 9.79 Å². The third-order valence-electron chi connectivity index (χ3n) is 4.85. The summed E-state index contributed by atoms with van der Waals surface area (Å²) in [5.74, 6) is 0.509. The van der Waals surface area contributed by atoms with Crippen molar-refractivity contribution in [1.82, 2.24) is 10.6 Å². The van der Waals surface area contributed by atoms with E-state index in [9.17, 15) is 4.79 Å². The Hall–Kier alpha value is -0.570. The maximum atomic E-state index is 11.1. The van der Waals surface area contributed by atoms with Crippen LogP contribution in [0.3, 0.4) is 0 Å². The summed E-state index contributed by atoms with van der Waals surface area (Å²) in [7, 11) is 3.14. The molecule has 6 nitrogen and oxygen atoms in total. The van der Waals surface area contributed by atoms with Crippen LogP contribution in [0, 0.1) is 5.41 Å². The Labute approximate surface area is 157 Å². The second-order valence-corrected chi connectivity index (χ2v) is 5.64. The van der Waals surface area contributed by atoms with Gasteiger partial charge in [0.25, 0.3) is 0 Å². The van der Waals surface area contributed by atoms with Crippen molar-refractivity contribution in [3.8, 4) is 0 Å². The van der Waals surface area contributed by atoms with Gasteiger partial charge in [0, 0.05) is 31.7 Å². The van der Waals surface area contributed by atoms with Crippen molar-refractivity contribution in [3.05, 3.63) is 0 Å². The van der Waals surface area contributed by atoms with Crippen molar-refractivity contribution >= 4 is 35.9 Å². The number of methoxy groups -OCH3 is 1. The zero-order chi connectivity index (χ0) is 16.6. The number of aliphatic imine (C=N–C) groups is 1. The van der Waals surface area contributed by atoms with Crippen LogP contribution < -0.4 is 10.6 Å². The summed E-state index contributed by atoms with van der Waals surface area (Å²) in [6.45, 7) is 7.75. The molecule has 0 aliphatic heterocycles. The molecule has 2 N–H and O–H groups in total. The molecule has 0 heterocycles. The van der Waals surface area contributed by atoms with Crippen LogP contribution in [0.25, 0.3) is 0 Å². The molecule has 1 saturated carbocycles. The first-order chi connectivity index (χ1) is 10.6. The molecule has 0 radical (unpaired) electrons. The maximum Gasteiger partial charge on any atom is 0.307 e. The molecule has 23 heavy (non-hydrogen) atoms. The fraction of sp³-hybridized carbons (Fsp3) is 0.875. The minimum atomic E-state index is -0.223. The maximum absolute atomic E-state index is 11.1. The first-order valence-electron chi connectivity index (χ1n) is 8.23. The molecule has 2 unspecified atom stereocenters. The number of rotatable bonds is 8. The van der Waals surface area contributed by atoms with E-state index < -0.39 is 0 Å². The van der Waals surface area contributed by atoms with Gasteiger partial charge < -0.3 is 20.1 Å². The van der Waals surface area contributed by atoms with E-state index in [2.05, 4.69) is 34.2 Å². The van der Waals surface area contributed by atoms with Gasteiger partial charge in [0.15, 0.2) is 5.96 Å². The number of carbonyl (C=O) groups excluding carboxylic acids is 1. The highest BCUT2D eigenvalue weighted by Gasteiger charge is 2.53. The average molecular weight is 441 g/mol. The van der Waals surface area contributed by atoms with E-state index in [-0.39, 0.29) is 35.4 Å². The molecule has 1 aliphatic carbocycles. The van der Waals surface area contributed by atoms with Crippen LogP contribution in [0.4, 0.5) is 0 Å². The van der Waals surface area contributed by atoms with E-state index in [0.717, 1.165) is 31.8 Å². The van der Waals surface area contributed by atoms with Gasteiger partial charge >= 0.3 is 5.97 Å². The minimum absolute atomic E-state index is 0. The fourth-order valence-electron chi connectivity index (χ4n) is 3.33. The third-order valence-corrected chi connectivity index (χ3v) is 4.85. The molecule has 136 valence electrons. The number of halogens is 1. The zero-order valence-electron chi connectivity index (χ0n) is 15.0. The number of carbonyl (C=O) groups is 1. The quantitative estimate of drug-likeness (QED) is 0.262. The largest absolute Gasteiger partial charge is 0.469 e. The predicted molar refractivity (Wildman–Crippen MR) is 103 cm³/mol. The van der Waals surface area contributed by atoms with Gasteiger partial charge in [-0.2, -0.15) is 0 Å². The van der Waals surface area contributed by atoms with Crippen molar-refractivity contribution in [1.29, 1.82) is 0 Å². The summed E-state index contributed by atoms with van der Waals surface area (Å²) >= 11 is 0. The van der Waals surface area contributed by atoms with E-state index in [1.807, 2.05) is 6.92 Å². The SMILES string of the molecule is CCOC1CC(NC(=NC)NCCC(=O)OC)C1(CC)CC.I. The Bertz CT molecular complexity index is 387. The molecule has 1 aliphatic rings. The third kappa shape index (κ3) is 5.48. The van der Waals surface area contributed by atoms with E-state index >= 15 is 0 Å². The van der Waals surface area contributed by atoms with Crippen molar-refractivity contribution in [3.63, 3.8) is 0 Å². The average Bonchev–Trinajstić information content (AvgIpc) is 2.53. The van der Waals surface area contributed by atoms with Gasteiger partial charge in [-0.15, -0.1) is 24.0 Å². The predicted octanol–water partition coefficient (Wildman–Crippen LogP) is 2.32. The van der Waals surface area contributed by atoms with Crippen LogP contribution in [0.15, 0.2) is 4.99 Å². The standard InChI is InChI=1S/C16H31N3O3.HI/c1-6-16(7-2)12(11-13(16)22-8-3)19-15(17-4)18-10-9-14(20)21-5;/h12-13H,6-11H2,1-5H3,(H2,17,18,19);1H. The van der Waals surface area contributed by atoms with Gasteiger partial charge in [-0.25, -0.2) is 0 Å². The van der Waals surface area contributed by atoms with Crippen LogP contribution in [0.2, 0.25) is 0 Å². The summed E-state index contributed by atoms with van der Waals surface area (Å²) in [4.78, 5) is 15.4. The molecule has 0 saturated heterocycles. The number of hydrogen-bond acceptors (Lipinski definition) is 4. The normalized spacial score (nSPS) is 22.6. The smallest absolute Gasteiger partial charge is 0.307 e. The fourth-order valence-corrected chi connectivity index (χ4v) is 3.33. The van der Waals surface area contributed by atoms with Gasteiger partial charge in [0.1, 0.15) is 0 Å². The van der Waals surface area contributed by atoms with Crippen LogP contribution in [0.5, 0.6) is 0 Å². The molecule has 0 spiro atoms. The van der Waals surface area contributed by atoms with Crippen molar-refractivity contribution in [2.24, 2.45) is 10.4 Å².